The van der Waals surface area contributed by atoms with Crippen LogP contribution in [0.5, 0.6) is 0 Å². The van der Waals surface area contributed by atoms with Crippen LogP contribution in [-0.4, -0.2) is 51.9 Å². The molecule has 1 aliphatic heterocycles. The molecule has 3 heterocycles. The van der Waals surface area contributed by atoms with Gasteiger partial charge in [0, 0.05) is 44.8 Å². The molecule has 1 atom stereocenters. The zero-order valence-electron chi connectivity index (χ0n) is 19.8. The first kappa shape index (κ1) is 21.8. The van der Waals surface area contributed by atoms with Crippen molar-refractivity contribution in [2.75, 3.05) is 26.2 Å². The van der Waals surface area contributed by atoms with Crippen molar-refractivity contribution >= 4 is 5.91 Å². The van der Waals surface area contributed by atoms with Crippen LogP contribution in [0, 0.1) is 6.92 Å². The first-order valence-corrected chi connectivity index (χ1v) is 11.9. The molecule has 0 saturated carbocycles. The molecule has 2 aliphatic rings. The average Bonchev–Trinajstić information content (AvgIpc) is 3.01. The van der Waals surface area contributed by atoms with Crippen molar-refractivity contribution in [1.29, 1.82) is 0 Å². The van der Waals surface area contributed by atoms with Gasteiger partial charge in [-0.2, -0.15) is 0 Å². The quantitative estimate of drug-likeness (QED) is 0.615. The number of benzene rings is 1. The number of amides is 1. The molecule has 1 amide bonds. The van der Waals surface area contributed by atoms with Crippen LogP contribution in [0.25, 0.3) is 0 Å². The maximum Gasteiger partial charge on any atom is 0.232 e. The van der Waals surface area contributed by atoms with Crippen molar-refractivity contribution in [3.05, 3.63) is 94.6 Å². The first-order chi connectivity index (χ1) is 15.9. The standard InChI is InChI=1S/C28H32N4O/c1-20-6-9-24-22(19-20)8-7-21-5-4-12-30-25(21)26(24)31-15-17-32(18-16-31)27(33)28(2,3)23-10-13-29-14-11-23/h4-6,9-14,19,26H,7-8,15-18H2,1-3H3. The van der Waals surface area contributed by atoms with Gasteiger partial charge in [-0.3, -0.25) is 19.7 Å². The molecule has 1 aromatic carbocycles. The molecule has 5 nitrogen and oxygen atoms in total. The third kappa shape index (κ3) is 4.06. The Morgan fingerprint density at radius 1 is 0.939 bits per heavy atom. The Morgan fingerprint density at radius 3 is 2.42 bits per heavy atom. The summed E-state index contributed by atoms with van der Waals surface area (Å²) in [6, 6.07) is 15.2. The second-order valence-corrected chi connectivity index (χ2v) is 9.84. The van der Waals surface area contributed by atoms with Crippen LogP contribution in [0.1, 0.15) is 53.4 Å². The molecule has 5 rings (SSSR count). The van der Waals surface area contributed by atoms with E-state index in [1.807, 2.05) is 37.1 Å². The van der Waals surface area contributed by atoms with Gasteiger partial charge in [-0.05, 0) is 74.1 Å². The van der Waals surface area contributed by atoms with Gasteiger partial charge in [-0.25, -0.2) is 0 Å². The number of aromatic nitrogens is 2. The number of carbonyl (C=O) groups is 1. The number of carbonyl (C=O) groups excluding carboxylic acids is 1. The van der Waals surface area contributed by atoms with Crippen molar-refractivity contribution in [2.24, 2.45) is 0 Å². The van der Waals surface area contributed by atoms with E-state index in [1.54, 1.807) is 12.4 Å². The number of piperazine rings is 1. The lowest BCUT2D eigenvalue weighted by Crippen LogP contribution is -2.54. The van der Waals surface area contributed by atoms with Gasteiger partial charge in [0.25, 0.3) is 0 Å². The van der Waals surface area contributed by atoms with Gasteiger partial charge in [-0.15, -0.1) is 0 Å². The fourth-order valence-corrected chi connectivity index (χ4v) is 5.38. The fraction of sp³-hybridized carbons (Fsp3) is 0.393. The molecule has 0 bridgehead atoms. The van der Waals surface area contributed by atoms with E-state index in [0.29, 0.717) is 0 Å². The molecular formula is C28H32N4O. The predicted octanol–water partition coefficient (Wildman–Crippen LogP) is 4.10. The number of fused-ring (bicyclic) bond motifs is 2. The molecule has 170 valence electrons. The van der Waals surface area contributed by atoms with Gasteiger partial charge < -0.3 is 4.90 Å². The summed E-state index contributed by atoms with van der Waals surface area (Å²) in [5.74, 6) is 0.184. The molecule has 1 aliphatic carbocycles. The zero-order chi connectivity index (χ0) is 23.0. The zero-order valence-corrected chi connectivity index (χ0v) is 19.8. The van der Waals surface area contributed by atoms with Crippen LogP contribution >= 0.6 is 0 Å². The molecule has 1 saturated heterocycles. The topological polar surface area (TPSA) is 49.3 Å². The van der Waals surface area contributed by atoms with E-state index in [1.165, 1.54) is 27.9 Å². The second-order valence-electron chi connectivity index (χ2n) is 9.84. The summed E-state index contributed by atoms with van der Waals surface area (Å²) in [4.78, 5) is 27.0. The summed E-state index contributed by atoms with van der Waals surface area (Å²) >= 11 is 0. The maximum absolute atomic E-state index is 13.5. The van der Waals surface area contributed by atoms with Crippen molar-refractivity contribution < 1.29 is 4.79 Å². The molecule has 2 aromatic heterocycles. The summed E-state index contributed by atoms with van der Waals surface area (Å²) in [6.45, 7) is 9.33. The smallest absolute Gasteiger partial charge is 0.232 e. The Labute approximate surface area is 196 Å². The number of hydrogen-bond donors (Lipinski definition) is 0. The van der Waals surface area contributed by atoms with E-state index >= 15 is 0 Å². The SMILES string of the molecule is Cc1ccc2c(c1)CCc1cccnc1C2N1CCN(C(=O)C(C)(C)c2ccncc2)CC1. The van der Waals surface area contributed by atoms with Crippen LogP contribution in [0.4, 0.5) is 0 Å². The number of nitrogens with zero attached hydrogens (tertiary/aromatic N) is 4. The van der Waals surface area contributed by atoms with Crippen LogP contribution < -0.4 is 0 Å². The third-order valence-electron chi connectivity index (χ3n) is 7.35. The molecule has 3 aromatic rings. The van der Waals surface area contributed by atoms with Crippen LogP contribution in [0.15, 0.2) is 61.1 Å². The molecular weight excluding hydrogens is 408 g/mol. The summed E-state index contributed by atoms with van der Waals surface area (Å²) < 4.78 is 0. The van der Waals surface area contributed by atoms with Crippen LogP contribution in [0.3, 0.4) is 0 Å². The highest BCUT2D eigenvalue weighted by molar-refractivity contribution is 5.87. The summed E-state index contributed by atoms with van der Waals surface area (Å²) in [5, 5.41) is 0. The Morgan fingerprint density at radius 2 is 1.67 bits per heavy atom. The number of pyridine rings is 2. The Bertz CT molecular complexity index is 1150. The lowest BCUT2D eigenvalue weighted by molar-refractivity contribution is -0.138. The highest BCUT2D eigenvalue weighted by Gasteiger charge is 2.37. The van der Waals surface area contributed by atoms with Crippen LogP contribution in [-0.2, 0) is 23.1 Å². The molecule has 1 fully saturated rings. The molecule has 33 heavy (non-hydrogen) atoms. The molecule has 0 spiro atoms. The van der Waals surface area contributed by atoms with Crippen molar-refractivity contribution in [1.82, 2.24) is 19.8 Å². The maximum atomic E-state index is 13.5. The monoisotopic (exact) mass is 440 g/mol. The minimum Gasteiger partial charge on any atom is -0.339 e. The van der Waals surface area contributed by atoms with E-state index in [4.69, 9.17) is 4.98 Å². The molecule has 1 unspecified atom stereocenters. The lowest BCUT2D eigenvalue weighted by Gasteiger charge is -2.42. The van der Waals surface area contributed by atoms with E-state index < -0.39 is 5.41 Å². The summed E-state index contributed by atoms with van der Waals surface area (Å²) in [6.07, 6.45) is 7.51. The first-order valence-electron chi connectivity index (χ1n) is 11.9. The normalized spacial score (nSPS) is 18.9. The van der Waals surface area contributed by atoms with Crippen molar-refractivity contribution in [3.8, 4) is 0 Å². The largest absolute Gasteiger partial charge is 0.339 e. The number of rotatable bonds is 3. The molecule has 0 N–H and O–H groups in total. The van der Waals surface area contributed by atoms with E-state index in [-0.39, 0.29) is 11.9 Å². The van der Waals surface area contributed by atoms with Crippen LogP contribution in [0.2, 0.25) is 0 Å². The number of hydrogen-bond acceptors (Lipinski definition) is 4. The van der Waals surface area contributed by atoms with Crippen molar-refractivity contribution in [2.45, 2.75) is 45.1 Å². The average molecular weight is 441 g/mol. The fourth-order valence-electron chi connectivity index (χ4n) is 5.38. The Hall–Kier alpha value is -3.05. The van der Waals surface area contributed by atoms with Gasteiger partial charge in [0.05, 0.1) is 17.2 Å². The lowest BCUT2D eigenvalue weighted by atomic mass is 9.83. The Kier molecular flexibility index (Phi) is 5.75. The summed E-state index contributed by atoms with van der Waals surface area (Å²) in [5.41, 5.74) is 7.07. The van der Waals surface area contributed by atoms with E-state index in [9.17, 15) is 4.79 Å². The van der Waals surface area contributed by atoms with Gasteiger partial charge in [0.1, 0.15) is 0 Å². The van der Waals surface area contributed by atoms with E-state index in [0.717, 1.165) is 44.6 Å². The van der Waals surface area contributed by atoms with Gasteiger partial charge in [0.15, 0.2) is 0 Å². The third-order valence-corrected chi connectivity index (χ3v) is 7.35. The van der Waals surface area contributed by atoms with Gasteiger partial charge in [0.2, 0.25) is 5.91 Å². The minimum atomic E-state index is -0.564. The van der Waals surface area contributed by atoms with Gasteiger partial charge in [-0.1, -0.05) is 29.8 Å². The highest BCUT2D eigenvalue weighted by atomic mass is 16.2. The Balaban J connectivity index is 1.40. The molecule has 0 radical (unpaired) electrons. The minimum absolute atomic E-state index is 0.143. The van der Waals surface area contributed by atoms with Gasteiger partial charge >= 0.3 is 0 Å². The second kappa shape index (κ2) is 8.71. The number of aryl methyl sites for hydroxylation is 3. The molecule has 5 heteroatoms. The highest BCUT2D eigenvalue weighted by Crippen LogP contribution is 2.37. The summed E-state index contributed by atoms with van der Waals surface area (Å²) in [7, 11) is 0. The van der Waals surface area contributed by atoms with Crippen molar-refractivity contribution in [3.63, 3.8) is 0 Å². The van der Waals surface area contributed by atoms with E-state index in [2.05, 4.69) is 47.1 Å². The predicted molar refractivity (Wildman–Crippen MR) is 130 cm³/mol.